The maximum Gasteiger partial charge on any atom is 0.156 e. The first-order valence-electron chi connectivity index (χ1n) is 14.3. The summed E-state index contributed by atoms with van der Waals surface area (Å²) in [6.45, 7) is 7.05. The molecule has 2 saturated carbocycles. The number of hydrogen-bond acceptors (Lipinski definition) is 4. The minimum atomic E-state index is -0.708. The number of ketones is 1. The van der Waals surface area contributed by atoms with Crippen molar-refractivity contribution < 1.29 is 15.0 Å². The second-order valence-corrected chi connectivity index (χ2v) is 13.7. The predicted octanol–water partition coefficient (Wildman–Crippen LogP) is 7.23. The molecule has 36 heavy (non-hydrogen) atoms. The van der Waals surface area contributed by atoms with E-state index in [0.29, 0.717) is 31.1 Å². The molecule has 4 aliphatic rings. The fourth-order valence-electron chi connectivity index (χ4n) is 8.04. The van der Waals surface area contributed by atoms with E-state index in [-0.39, 0.29) is 23.7 Å². The summed E-state index contributed by atoms with van der Waals surface area (Å²) in [5, 5.41) is 21.6. The lowest BCUT2D eigenvalue weighted by atomic mass is 9.51. The van der Waals surface area contributed by atoms with Gasteiger partial charge < -0.3 is 10.2 Å². The molecule has 0 aromatic heterocycles. The van der Waals surface area contributed by atoms with Crippen molar-refractivity contribution in [3.63, 3.8) is 0 Å². The van der Waals surface area contributed by atoms with Crippen LogP contribution in [0.5, 0.6) is 0 Å². The number of rotatable bonds is 8. The summed E-state index contributed by atoms with van der Waals surface area (Å²) in [6, 6.07) is 9.27. The van der Waals surface area contributed by atoms with Crippen LogP contribution in [0.2, 0.25) is 0 Å². The third-order valence-electron chi connectivity index (χ3n) is 10.1. The fraction of sp³-hybridized carbons (Fsp3) is 0.656. The van der Waals surface area contributed by atoms with Crippen LogP contribution in [-0.2, 0) is 4.79 Å². The molecule has 2 fully saturated rings. The lowest BCUT2D eigenvalue weighted by Crippen LogP contribution is -2.51. The maximum atomic E-state index is 12.3. The van der Waals surface area contributed by atoms with E-state index in [0.717, 1.165) is 50.2 Å². The molecule has 1 aromatic rings. The molecule has 0 saturated heterocycles. The smallest absolute Gasteiger partial charge is 0.156 e. The summed E-state index contributed by atoms with van der Waals surface area (Å²) in [5.74, 6) is 3.41. The lowest BCUT2D eigenvalue weighted by molar-refractivity contribution is -0.114. The van der Waals surface area contributed by atoms with Crippen LogP contribution in [0.3, 0.4) is 0 Å². The molecule has 0 unspecified atom stereocenters. The van der Waals surface area contributed by atoms with E-state index in [2.05, 4.69) is 45.0 Å². The molecule has 5 atom stereocenters. The Morgan fingerprint density at radius 1 is 1.11 bits per heavy atom. The van der Waals surface area contributed by atoms with Crippen molar-refractivity contribution in [2.24, 2.45) is 23.2 Å². The van der Waals surface area contributed by atoms with Gasteiger partial charge in [0.15, 0.2) is 5.78 Å². The molecule has 0 heterocycles. The van der Waals surface area contributed by atoms with Crippen LogP contribution in [-0.4, -0.2) is 34.0 Å². The average Bonchev–Trinajstić information content (AvgIpc) is 3.12. The number of allylic oxidation sites excluding steroid dienone is 4. The highest BCUT2D eigenvalue weighted by Crippen LogP contribution is 2.67. The molecule has 4 heteroatoms. The van der Waals surface area contributed by atoms with Crippen molar-refractivity contribution in [1.82, 2.24) is 0 Å². The Kier molecular flexibility index (Phi) is 7.60. The van der Waals surface area contributed by atoms with Gasteiger partial charge in [-0.3, -0.25) is 4.79 Å². The third-order valence-corrected chi connectivity index (χ3v) is 11.1. The molecule has 0 amide bonds. The van der Waals surface area contributed by atoms with Crippen LogP contribution in [0.1, 0.15) is 96.5 Å². The molecule has 0 aliphatic heterocycles. The standard InChI is InChI=1S/C32H44O3S/c1-21(2)14-18-36-25-9-5-22(6-10-25)28-20-31(3)29(13-16-32(31,35)15-4-17-33)27-11-7-23-19-24(34)8-12-26(23)30(27)28/h5-6,9-10,19,21,27-29,33,35H,4,7-8,11-18,20H2,1-3H3/t27-,28+,29-,31-,32-/m0/s1. The molecule has 0 radical (unpaired) electrons. The SMILES string of the molecule is CC(C)CCSc1ccc([C@H]2C[C@@]3(C)[C@@H](CC[C@@]3(O)CCCO)[C@@H]3CCC4=CC(=O)CCC4=C32)cc1. The number of aliphatic hydroxyl groups is 2. The molecule has 1 aromatic carbocycles. The molecular formula is C32H44O3S. The van der Waals surface area contributed by atoms with Crippen LogP contribution < -0.4 is 0 Å². The first kappa shape index (κ1) is 26.3. The Labute approximate surface area is 221 Å². The first-order chi connectivity index (χ1) is 17.3. The Bertz CT molecular complexity index is 1040. The van der Waals surface area contributed by atoms with Gasteiger partial charge in [-0.15, -0.1) is 11.8 Å². The summed E-state index contributed by atoms with van der Waals surface area (Å²) in [6.07, 6.45) is 11.0. The maximum absolute atomic E-state index is 12.3. The van der Waals surface area contributed by atoms with Crippen molar-refractivity contribution >= 4 is 17.5 Å². The minimum Gasteiger partial charge on any atom is -0.396 e. The second-order valence-electron chi connectivity index (χ2n) is 12.5. The number of fused-ring (bicyclic) bond motifs is 4. The van der Waals surface area contributed by atoms with Gasteiger partial charge in [0.1, 0.15) is 0 Å². The number of carbonyl (C=O) groups is 1. The average molecular weight is 509 g/mol. The fourth-order valence-corrected chi connectivity index (χ4v) is 9.20. The van der Waals surface area contributed by atoms with Crippen LogP contribution in [0.4, 0.5) is 0 Å². The zero-order valence-electron chi connectivity index (χ0n) is 22.4. The van der Waals surface area contributed by atoms with Gasteiger partial charge >= 0.3 is 0 Å². The summed E-state index contributed by atoms with van der Waals surface area (Å²) >= 11 is 1.95. The summed E-state index contributed by atoms with van der Waals surface area (Å²) < 4.78 is 0. The van der Waals surface area contributed by atoms with Crippen LogP contribution >= 0.6 is 11.8 Å². The van der Waals surface area contributed by atoms with Gasteiger partial charge in [0.05, 0.1) is 5.60 Å². The normalized spacial score (nSPS) is 33.9. The van der Waals surface area contributed by atoms with Gasteiger partial charge in [-0.25, -0.2) is 0 Å². The Balaban J connectivity index is 1.52. The van der Waals surface area contributed by atoms with Gasteiger partial charge in [-0.2, -0.15) is 0 Å². The molecule has 196 valence electrons. The summed E-state index contributed by atoms with van der Waals surface area (Å²) in [5.41, 5.74) is 4.86. The highest BCUT2D eigenvalue weighted by Gasteiger charge is 2.62. The Morgan fingerprint density at radius 2 is 1.89 bits per heavy atom. The number of thioether (sulfide) groups is 1. The number of aliphatic hydroxyl groups excluding tert-OH is 1. The Morgan fingerprint density at radius 3 is 2.61 bits per heavy atom. The zero-order valence-corrected chi connectivity index (χ0v) is 23.2. The van der Waals surface area contributed by atoms with Gasteiger partial charge in [0.2, 0.25) is 0 Å². The number of hydrogen-bond donors (Lipinski definition) is 2. The van der Waals surface area contributed by atoms with Gasteiger partial charge in [-0.05, 0) is 116 Å². The molecule has 0 spiro atoms. The van der Waals surface area contributed by atoms with E-state index in [1.165, 1.54) is 28.0 Å². The van der Waals surface area contributed by atoms with Gasteiger partial charge in [0, 0.05) is 29.3 Å². The van der Waals surface area contributed by atoms with Crippen LogP contribution in [0.15, 0.2) is 52.0 Å². The Hall–Kier alpha value is -1.36. The van der Waals surface area contributed by atoms with E-state index < -0.39 is 5.60 Å². The first-order valence-corrected chi connectivity index (χ1v) is 15.3. The molecule has 5 rings (SSSR count). The van der Waals surface area contributed by atoms with Crippen molar-refractivity contribution in [3.05, 3.63) is 52.6 Å². The molecule has 0 bridgehead atoms. The summed E-state index contributed by atoms with van der Waals surface area (Å²) in [4.78, 5) is 13.6. The molecular weight excluding hydrogens is 464 g/mol. The minimum absolute atomic E-state index is 0.142. The quantitative estimate of drug-likeness (QED) is 0.364. The second kappa shape index (κ2) is 10.4. The van der Waals surface area contributed by atoms with E-state index in [9.17, 15) is 15.0 Å². The predicted molar refractivity (Wildman–Crippen MR) is 148 cm³/mol. The largest absolute Gasteiger partial charge is 0.396 e. The number of benzene rings is 1. The topological polar surface area (TPSA) is 57.5 Å². The van der Waals surface area contributed by atoms with Crippen molar-refractivity contribution in [2.45, 2.75) is 101 Å². The van der Waals surface area contributed by atoms with E-state index in [1.807, 2.05) is 17.8 Å². The van der Waals surface area contributed by atoms with E-state index >= 15 is 0 Å². The van der Waals surface area contributed by atoms with E-state index in [1.54, 1.807) is 5.57 Å². The lowest BCUT2D eigenvalue weighted by Gasteiger charge is -2.55. The van der Waals surface area contributed by atoms with Gasteiger partial charge in [-0.1, -0.05) is 38.5 Å². The van der Waals surface area contributed by atoms with Crippen molar-refractivity contribution in [2.75, 3.05) is 12.4 Å². The molecule has 3 nitrogen and oxygen atoms in total. The van der Waals surface area contributed by atoms with E-state index in [4.69, 9.17) is 0 Å². The summed E-state index contributed by atoms with van der Waals surface area (Å²) in [7, 11) is 0. The van der Waals surface area contributed by atoms with Crippen molar-refractivity contribution in [3.8, 4) is 0 Å². The van der Waals surface area contributed by atoms with Crippen LogP contribution in [0.25, 0.3) is 0 Å². The van der Waals surface area contributed by atoms with Crippen molar-refractivity contribution in [1.29, 1.82) is 0 Å². The van der Waals surface area contributed by atoms with Gasteiger partial charge in [0.25, 0.3) is 0 Å². The molecule has 2 N–H and O–H groups in total. The highest BCUT2D eigenvalue weighted by atomic mass is 32.2. The monoisotopic (exact) mass is 508 g/mol. The highest BCUT2D eigenvalue weighted by molar-refractivity contribution is 7.99. The third kappa shape index (κ3) is 4.67. The molecule has 4 aliphatic carbocycles. The zero-order chi connectivity index (χ0) is 25.5. The van der Waals surface area contributed by atoms with Crippen LogP contribution in [0, 0.1) is 23.2 Å². The number of carbonyl (C=O) groups excluding carboxylic acids is 1.